The SMILES string of the molecule is CNc1nc(C2CCCN2C(=O)CC2CCCC2)nc2c1CCN(C)C2. The number of rotatable bonds is 4. The quantitative estimate of drug-likeness (QED) is 0.898. The van der Waals surface area contributed by atoms with Crippen LogP contribution in [0.1, 0.15) is 68.1 Å². The van der Waals surface area contributed by atoms with E-state index in [4.69, 9.17) is 9.97 Å². The highest BCUT2D eigenvalue weighted by molar-refractivity contribution is 5.77. The lowest BCUT2D eigenvalue weighted by atomic mass is 10.0. The molecule has 1 unspecified atom stereocenters. The lowest BCUT2D eigenvalue weighted by molar-refractivity contribution is -0.133. The number of carbonyl (C=O) groups excluding carboxylic acids is 1. The zero-order valence-corrected chi connectivity index (χ0v) is 16.1. The van der Waals surface area contributed by atoms with Gasteiger partial charge in [0.25, 0.3) is 0 Å². The molecule has 1 aliphatic carbocycles. The second-order valence-electron chi connectivity index (χ2n) is 8.19. The van der Waals surface area contributed by atoms with Gasteiger partial charge in [-0.15, -0.1) is 0 Å². The number of amides is 1. The molecule has 1 aromatic heterocycles. The van der Waals surface area contributed by atoms with Crippen LogP contribution in [0.15, 0.2) is 0 Å². The van der Waals surface area contributed by atoms with Crippen LogP contribution in [0.3, 0.4) is 0 Å². The van der Waals surface area contributed by atoms with Crippen LogP contribution in [0.2, 0.25) is 0 Å². The van der Waals surface area contributed by atoms with Crippen LogP contribution in [-0.2, 0) is 17.8 Å². The Morgan fingerprint density at radius 3 is 2.73 bits per heavy atom. The highest BCUT2D eigenvalue weighted by atomic mass is 16.2. The summed E-state index contributed by atoms with van der Waals surface area (Å²) in [6.07, 6.45) is 8.74. The number of hydrogen-bond donors (Lipinski definition) is 1. The maximum Gasteiger partial charge on any atom is 0.223 e. The average Bonchev–Trinajstić information content (AvgIpc) is 3.31. The molecule has 6 nitrogen and oxygen atoms in total. The summed E-state index contributed by atoms with van der Waals surface area (Å²) >= 11 is 0. The maximum absolute atomic E-state index is 12.9. The minimum Gasteiger partial charge on any atom is -0.373 e. The number of nitrogens with zero attached hydrogens (tertiary/aromatic N) is 4. The summed E-state index contributed by atoms with van der Waals surface area (Å²) in [6, 6.07) is 0.0496. The van der Waals surface area contributed by atoms with E-state index in [0.717, 1.165) is 56.2 Å². The molecule has 0 aromatic carbocycles. The van der Waals surface area contributed by atoms with E-state index in [9.17, 15) is 4.79 Å². The first-order valence-electron chi connectivity index (χ1n) is 10.2. The van der Waals surface area contributed by atoms with Crippen molar-refractivity contribution in [1.82, 2.24) is 19.8 Å². The van der Waals surface area contributed by atoms with Crippen LogP contribution in [0.5, 0.6) is 0 Å². The molecule has 0 radical (unpaired) electrons. The summed E-state index contributed by atoms with van der Waals surface area (Å²) in [7, 11) is 4.07. The van der Waals surface area contributed by atoms with Crippen molar-refractivity contribution in [2.45, 2.75) is 64.0 Å². The van der Waals surface area contributed by atoms with Crippen LogP contribution in [-0.4, -0.2) is 52.9 Å². The van der Waals surface area contributed by atoms with Crippen molar-refractivity contribution in [2.24, 2.45) is 5.92 Å². The van der Waals surface area contributed by atoms with Crippen LogP contribution in [0.25, 0.3) is 0 Å². The lowest BCUT2D eigenvalue weighted by Gasteiger charge is -2.29. The van der Waals surface area contributed by atoms with Gasteiger partial charge in [-0.2, -0.15) is 0 Å². The zero-order valence-electron chi connectivity index (χ0n) is 16.1. The van der Waals surface area contributed by atoms with Gasteiger partial charge in [-0.25, -0.2) is 9.97 Å². The Kier molecular flexibility index (Phi) is 5.11. The monoisotopic (exact) mass is 357 g/mol. The fraction of sp³-hybridized carbons (Fsp3) is 0.750. The van der Waals surface area contributed by atoms with E-state index >= 15 is 0 Å². The Hall–Kier alpha value is -1.69. The van der Waals surface area contributed by atoms with Crippen LogP contribution < -0.4 is 5.32 Å². The van der Waals surface area contributed by atoms with E-state index in [1.807, 2.05) is 7.05 Å². The predicted octanol–water partition coefficient (Wildman–Crippen LogP) is 2.75. The largest absolute Gasteiger partial charge is 0.373 e. The molecule has 1 saturated carbocycles. The second kappa shape index (κ2) is 7.51. The Morgan fingerprint density at radius 2 is 1.96 bits per heavy atom. The lowest BCUT2D eigenvalue weighted by Crippen LogP contribution is -2.34. The average molecular weight is 358 g/mol. The normalized spacial score (nSPS) is 24.1. The highest BCUT2D eigenvalue weighted by Crippen LogP contribution is 2.35. The summed E-state index contributed by atoms with van der Waals surface area (Å²) in [6.45, 7) is 2.76. The smallest absolute Gasteiger partial charge is 0.223 e. The third-order valence-corrected chi connectivity index (χ3v) is 6.32. The first-order chi connectivity index (χ1) is 12.7. The van der Waals surface area contributed by atoms with Crippen molar-refractivity contribution in [3.8, 4) is 0 Å². The van der Waals surface area contributed by atoms with E-state index in [-0.39, 0.29) is 6.04 Å². The standard InChI is InChI=1S/C20H31N5O/c1-21-19-15-9-11-24(2)13-16(15)22-20(23-19)17-8-5-10-25(17)18(26)12-14-6-3-4-7-14/h14,17H,3-13H2,1-2H3,(H,21,22,23). The molecule has 0 bridgehead atoms. The highest BCUT2D eigenvalue weighted by Gasteiger charge is 2.34. The Bertz CT molecular complexity index is 670. The third kappa shape index (κ3) is 3.43. The Morgan fingerprint density at radius 1 is 1.15 bits per heavy atom. The number of aromatic nitrogens is 2. The molecule has 1 amide bonds. The molecule has 3 heterocycles. The van der Waals surface area contributed by atoms with E-state index < -0.39 is 0 Å². The second-order valence-corrected chi connectivity index (χ2v) is 8.19. The third-order valence-electron chi connectivity index (χ3n) is 6.32. The summed E-state index contributed by atoms with van der Waals surface area (Å²) < 4.78 is 0. The first kappa shape index (κ1) is 17.7. The number of hydrogen-bond acceptors (Lipinski definition) is 5. The molecule has 1 N–H and O–H groups in total. The van der Waals surface area contributed by atoms with Gasteiger partial charge >= 0.3 is 0 Å². The predicted molar refractivity (Wildman–Crippen MR) is 102 cm³/mol. The summed E-state index contributed by atoms with van der Waals surface area (Å²) in [4.78, 5) is 27.1. The molecule has 3 aliphatic rings. The van der Waals surface area contributed by atoms with Crippen LogP contribution in [0, 0.1) is 5.92 Å². The van der Waals surface area contributed by atoms with Crippen LogP contribution >= 0.6 is 0 Å². The number of anilines is 1. The van der Waals surface area contributed by atoms with Crippen molar-refractivity contribution >= 4 is 11.7 Å². The van der Waals surface area contributed by atoms with Gasteiger partial charge in [0.1, 0.15) is 5.82 Å². The topological polar surface area (TPSA) is 61.4 Å². The zero-order chi connectivity index (χ0) is 18.1. The van der Waals surface area contributed by atoms with Gasteiger partial charge in [0.2, 0.25) is 5.91 Å². The van der Waals surface area contributed by atoms with Gasteiger partial charge in [0, 0.05) is 38.7 Å². The fourth-order valence-electron chi connectivity index (χ4n) is 4.85. The molecular formula is C20H31N5O. The van der Waals surface area contributed by atoms with Crippen molar-refractivity contribution < 1.29 is 4.79 Å². The molecule has 26 heavy (non-hydrogen) atoms. The van der Waals surface area contributed by atoms with Gasteiger partial charge in [-0.3, -0.25) is 4.79 Å². The minimum atomic E-state index is 0.0496. The van der Waals surface area contributed by atoms with Crippen molar-refractivity contribution in [3.05, 3.63) is 17.1 Å². The van der Waals surface area contributed by atoms with E-state index in [0.29, 0.717) is 18.2 Å². The van der Waals surface area contributed by atoms with Crippen molar-refractivity contribution in [3.63, 3.8) is 0 Å². The molecule has 1 aromatic rings. The molecular weight excluding hydrogens is 326 g/mol. The number of likely N-dealkylation sites (N-methyl/N-ethyl adjacent to an activating group) is 1. The molecule has 6 heteroatoms. The molecule has 4 rings (SSSR count). The van der Waals surface area contributed by atoms with Gasteiger partial charge in [-0.05, 0) is 45.1 Å². The van der Waals surface area contributed by atoms with Gasteiger partial charge < -0.3 is 15.1 Å². The van der Waals surface area contributed by atoms with E-state index in [1.165, 1.54) is 31.2 Å². The molecule has 2 fully saturated rings. The summed E-state index contributed by atoms with van der Waals surface area (Å²) in [5, 5.41) is 3.26. The molecule has 1 atom stereocenters. The number of likely N-dealkylation sites (tertiary alicyclic amines) is 1. The number of nitrogens with one attached hydrogen (secondary N) is 1. The number of fused-ring (bicyclic) bond motifs is 1. The Balaban J connectivity index is 1.57. The van der Waals surface area contributed by atoms with E-state index in [1.54, 1.807) is 0 Å². The van der Waals surface area contributed by atoms with Crippen molar-refractivity contribution in [2.75, 3.05) is 32.5 Å². The van der Waals surface area contributed by atoms with E-state index in [2.05, 4.69) is 22.2 Å². The molecule has 2 aliphatic heterocycles. The molecule has 1 saturated heterocycles. The Labute approximate surface area is 156 Å². The van der Waals surface area contributed by atoms with Gasteiger partial charge in [0.15, 0.2) is 5.82 Å². The first-order valence-corrected chi connectivity index (χ1v) is 10.2. The van der Waals surface area contributed by atoms with Gasteiger partial charge in [0.05, 0.1) is 11.7 Å². The van der Waals surface area contributed by atoms with Crippen LogP contribution in [0.4, 0.5) is 5.82 Å². The van der Waals surface area contributed by atoms with Gasteiger partial charge in [-0.1, -0.05) is 12.8 Å². The molecule has 0 spiro atoms. The van der Waals surface area contributed by atoms with Crippen molar-refractivity contribution in [1.29, 1.82) is 0 Å². The summed E-state index contributed by atoms with van der Waals surface area (Å²) in [5.41, 5.74) is 2.37. The minimum absolute atomic E-state index is 0.0496. The molecule has 142 valence electrons. The fourth-order valence-corrected chi connectivity index (χ4v) is 4.85. The number of carbonyl (C=O) groups is 1. The summed E-state index contributed by atoms with van der Waals surface area (Å²) in [5.74, 6) is 2.69. The maximum atomic E-state index is 12.9.